The molecule has 1 aromatic heterocycles. The first-order chi connectivity index (χ1) is 17.0. The van der Waals surface area contributed by atoms with Crippen molar-refractivity contribution in [2.24, 2.45) is 0 Å². The molecule has 2 aromatic carbocycles. The Labute approximate surface area is 209 Å². The van der Waals surface area contributed by atoms with E-state index in [0.29, 0.717) is 28.7 Å². The van der Waals surface area contributed by atoms with Crippen molar-refractivity contribution >= 4 is 33.9 Å². The number of hydrogen-bond acceptors (Lipinski definition) is 6. The van der Waals surface area contributed by atoms with Crippen LogP contribution in [0.5, 0.6) is 11.5 Å². The predicted molar refractivity (Wildman–Crippen MR) is 140 cm³/mol. The first-order valence-corrected chi connectivity index (χ1v) is 12.3. The monoisotopic (exact) mass is 494 g/mol. The number of thiocarbonyl (C=S) groups is 1. The van der Waals surface area contributed by atoms with Crippen molar-refractivity contribution in [3.05, 3.63) is 63.9 Å². The number of nitrogens with zero attached hydrogens (tertiary/aromatic N) is 2. The van der Waals surface area contributed by atoms with Gasteiger partial charge < -0.3 is 29.4 Å². The molecule has 3 heterocycles. The average Bonchev–Trinajstić information content (AvgIpc) is 3.30. The molecule has 0 aliphatic carbocycles. The Bertz CT molecular complexity index is 1270. The second-order valence-electron chi connectivity index (χ2n) is 8.95. The van der Waals surface area contributed by atoms with Crippen LogP contribution in [0.25, 0.3) is 10.9 Å². The lowest BCUT2D eigenvalue weighted by atomic mass is 10.1. The van der Waals surface area contributed by atoms with E-state index < -0.39 is 0 Å². The molecule has 2 aliphatic rings. The number of morpholine rings is 1. The second kappa shape index (κ2) is 10.6. The number of rotatable bonds is 7. The smallest absolute Gasteiger partial charge is 0.253 e. The summed E-state index contributed by atoms with van der Waals surface area (Å²) in [4.78, 5) is 20.4. The van der Waals surface area contributed by atoms with Crippen LogP contribution in [0.3, 0.4) is 0 Å². The maximum atomic E-state index is 13.0. The molecule has 1 fully saturated rings. The minimum absolute atomic E-state index is 0.132. The molecule has 0 bridgehead atoms. The van der Waals surface area contributed by atoms with Crippen LogP contribution >= 0.6 is 12.2 Å². The molecular formula is C26H30N4O4S. The van der Waals surface area contributed by atoms with Crippen LogP contribution in [-0.4, -0.2) is 66.1 Å². The summed E-state index contributed by atoms with van der Waals surface area (Å²) >= 11 is 5.81. The maximum Gasteiger partial charge on any atom is 0.253 e. The van der Waals surface area contributed by atoms with Crippen LogP contribution in [0.2, 0.25) is 0 Å². The largest absolute Gasteiger partial charge is 0.454 e. The Balaban J connectivity index is 1.35. The number of aryl methyl sites for hydroxylation is 1. The third kappa shape index (κ3) is 5.75. The molecule has 9 heteroatoms. The fourth-order valence-electron chi connectivity index (χ4n) is 4.45. The van der Waals surface area contributed by atoms with E-state index in [2.05, 4.69) is 39.2 Å². The summed E-state index contributed by atoms with van der Waals surface area (Å²) in [5.41, 5.74) is 3.33. The van der Waals surface area contributed by atoms with E-state index in [4.69, 9.17) is 26.4 Å². The summed E-state index contributed by atoms with van der Waals surface area (Å²) in [5, 5.41) is 4.85. The van der Waals surface area contributed by atoms with E-state index >= 15 is 0 Å². The number of nitrogens with one attached hydrogen (secondary N) is 2. The molecule has 0 amide bonds. The molecule has 8 nitrogen and oxygen atoms in total. The van der Waals surface area contributed by atoms with Crippen molar-refractivity contribution in [2.75, 3.05) is 51.5 Å². The zero-order valence-electron chi connectivity index (χ0n) is 19.8. The molecule has 0 saturated carbocycles. The SMILES string of the molecule is Cc1cccc(NC(=S)N(CCCN2CCOCC2)Cc2cc3cc4c(cc3[nH]c2=O)OCO4)c1. The van der Waals surface area contributed by atoms with Gasteiger partial charge in [0.05, 0.1) is 25.3 Å². The van der Waals surface area contributed by atoms with Gasteiger partial charge in [-0.15, -0.1) is 0 Å². The maximum absolute atomic E-state index is 13.0. The van der Waals surface area contributed by atoms with E-state index in [1.165, 1.54) is 0 Å². The number of hydrogen-bond donors (Lipinski definition) is 2. The lowest BCUT2D eigenvalue weighted by molar-refractivity contribution is 0.0367. The quantitative estimate of drug-likeness (QED) is 0.484. The second-order valence-corrected chi connectivity index (χ2v) is 9.33. The molecule has 0 spiro atoms. The Kier molecular flexibility index (Phi) is 7.17. The average molecular weight is 495 g/mol. The van der Waals surface area contributed by atoms with Crippen LogP contribution in [-0.2, 0) is 11.3 Å². The van der Waals surface area contributed by atoms with Gasteiger partial charge in [-0.2, -0.15) is 0 Å². The van der Waals surface area contributed by atoms with Crippen molar-refractivity contribution in [2.45, 2.75) is 19.9 Å². The zero-order valence-corrected chi connectivity index (χ0v) is 20.7. The highest BCUT2D eigenvalue weighted by Crippen LogP contribution is 2.35. The first kappa shape index (κ1) is 23.6. The number of pyridine rings is 1. The summed E-state index contributed by atoms with van der Waals surface area (Å²) in [6, 6.07) is 13.7. The van der Waals surface area contributed by atoms with Crippen molar-refractivity contribution in [1.82, 2.24) is 14.8 Å². The Morgan fingerprint density at radius 1 is 1.14 bits per heavy atom. The summed E-state index contributed by atoms with van der Waals surface area (Å²) < 4.78 is 16.4. The van der Waals surface area contributed by atoms with Crippen molar-refractivity contribution < 1.29 is 14.2 Å². The van der Waals surface area contributed by atoms with E-state index in [1.807, 2.05) is 30.3 Å². The molecule has 5 rings (SSSR count). The van der Waals surface area contributed by atoms with Crippen LogP contribution in [0.4, 0.5) is 5.69 Å². The number of H-pyrrole nitrogens is 1. The third-order valence-corrected chi connectivity index (χ3v) is 6.70. The molecule has 0 unspecified atom stereocenters. The Morgan fingerprint density at radius 2 is 1.94 bits per heavy atom. The van der Waals surface area contributed by atoms with E-state index in [1.54, 1.807) is 0 Å². The highest BCUT2D eigenvalue weighted by molar-refractivity contribution is 7.80. The van der Waals surface area contributed by atoms with Crippen LogP contribution in [0.1, 0.15) is 17.5 Å². The Hall–Kier alpha value is -3.14. The van der Waals surface area contributed by atoms with Crippen molar-refractivity contribution in [3.63, 3.8) is 0 Å². The fourth-order valence-corrected chi connectivity index (χ4v) is 4.73. The van der Waals surface area contributed by atoms with Crippen LogP contribution in [0.15, 0.2) is 47.3 Å². The van der Waals surface area contributed by atoms with Gasteiger partial charge in [-0.1, -0.05) is 12.1 Å². The lowest BCUT2D eigenvalue weighted by Gasteiger charge is -2.29. The van der Waals surface area contributed by atoms with E-state index in [9.17, 15) is 4.79 Å². The van der Waals surface area contributed by atoms with Crippen molar-refractivity contribution in [3.8, 4) is 11.5 Å². The number of aromatic amines is 1. The van der Waals surface area contributed by atoms with Crippen LogP contribution < -0.4 is 20.3 Å². The molecule has 0 atom stereocenters. The highest BCUT2D eigenvalue weighted by Gasteiger charge is 2.18. The number of anilines is 1. The van der Waals surface area contributed by atoms with Gasteiger partial charge >= 0.3 is 0 Å². The van der Waals surface area contributed by atoms with Gasteiger partial charge in [0.2, 0.25) is 6.79 Å². The third-order valence-electron chi connectivity index (χ3n) is 6.34. The predicted octanol–water partition coefficient (Wildman–Crippen LogP) is 3.49. The summed E-state index contributed by atoms with van der Waals surface area (Å²) in [6.45, 7) is 7.80. The van der Waals surface area contributed by atoms with Gasteiger partial charge in [-0.25, -0.2) is 0 Å². The number of benzene rings is 2. The molecule has 184 valence electrons. The number of ether oxygens (including phenoxy) is 3. The molecule has 0 radical (unpaired) electrons. The van der Waals surface area contributed by atoms with E-state index in [-0.39, 0.29) is 12.4 Å². The highest BCUT2D eigenvalue weighted by atomic mass is 32.1. The standard InChI is InChI=1S/C26H30N4O4S/c1-18-4-2-5-21(12-18)27-26(35)30(7-3-6-29-8-10-32-11-9-29)16-20-13-19-14-23-24(34-17-33-23)15-22(19)28-25(20)31/h2,4-5,12-15H,3,6-11,16-17H2,1H3,(H,27,35)(H,28,31). The fraction of sp³-hybridized carbons (Fsp3) is 0.385. The number of aromatic nitrogens is 1. The van der Waals surface area contributed by atoms with Crippen molar-refractivity contribution in [1.29, 1.82) is 0 Å². The minimum atomic E-state index is -0.132. The molecule has 1 saturated heterocycles. The summed E-state index contributed by atoms with van der Waals surface area (Å²) in [6.07, 6.45) is 0.930. The summed E-state index contributed by atoms with van der Waals surface area (Å²) in [7, 11) is 0. The summed E-state index contributed by atoms with van der Waals surface area (Å²) in [5.74, 6) is 1.34. The van der Waals surface area contributed by atoms with Gasteiger partial charge in [0.25, 0.3) is 5.56 Å². The number of fused-ring (bicyclic) bond motifs is 2. The molecule has 2 aliphatic heterocycles. The molecule has 3 aromatic rings. The van der Waals surface area contributed by atoms with Gasteiger partial charge in [-0.3, -0.25) is 9.69 Å². The normalized spacial score (nSPS) is 15.3. The van der Waals surface area contributed by atoms with E-state index in [0.717, 1.165) is 68.0 Å². The molecule has 2 N–H and O–H groups in total. The van der Waals surface area contributed by atoms with Gasteiger partial charge in [0, 0.05) is 48.9 Å². The first-order valence-electron chi connectivity index (χ1n) is 11.9. The molecular weight excluding hydrogens is 464 g/mol. The zero-order chi connectivity index (χ0) is 24.2. The topological polar surface area (TPSA) is 79.1 Å². The van der Waals surface area contributed by atoms with Crippen LogP contribution in [0, 0.1) is 6.92 Å². The molecule has 35 heavy (non-hydrogen) atoms. The lowest BCUT2D eigenvalue weighted by Crippen LogP contribution is -2.40. The minimum Gasteiger partial charge on any atom is -0.454 e. The van der Waals surface area contributed by atoms with Gasteiger partial charge in [0.1, 0.15) is 0 Å². The Morgan fingerprint density at radius 3 is 2.74 bits per heavy atom. The van der Waals surface area contributed by atoms with Gasteiger partial charge in [-0.05, 0) is 55.4 Å². The van der Waals surface area contributed by atoms with Gasteiger partial charge in [0.15, 0.2) is 16.6 Å².